The second-order valence-corrected chi connectivity index (χ2v) is 12.3. The molecule has 0 aliphatic rings. The number of aryl methyl sites for hydroxylation is 1. The van der Waals surface area contributed by atoms with Crippen LogP contribution in [0.15, 0.2) is 103 Å². The van der Waals surface area contributed by atoms with Gasteiger partial charge in [-0.2, -0.15) is 0 Å². The highest BCUT2D eigenvalue weighted by atomic mass is 16.6. The lowest BCUT2D eigenvalue weighted by Crippen LogP contribution is -2.46. The lowest BCUT2D eigenvalue weighted by atomic mass is 10.0. The Morgan fingerprint density at radius 2 is 1.15 bits per heavy atom. The molecular weight excluding hydrogens is 596 g/mol. The average Bonchev–Trinajstić information content (AvgIpc) is 3.07. The number of carbonyl (C=O) groups excluding carboxylic acids is 3. The Kier molecular flexibility index (Phi) is 13.5. The molecule has 4 rings (SSSR count). The van der Waals surface area contributed by atoms with E-state index < -0.39 is 42.3 Å². The number of fused-ring (bicyclic) bond motifs is 1. The maximum atomic E-state index is 13.5. The van der Waals surface area contributed by atoms with Crippen LogP contribution in [0.1, 0.15) is 56.7 Å². The van der Waals surface area contributed by atoms with Crippen LogP contribution in [-0.4, -0.2) is 48.9 Å². The molecule has 0 heterocycles. The quantitative estimate of drug-likeness (QED) is 0.0682. The fraction of sp³-hybridized carbons (Fsp3) is 0.359. The molecule has 0 radical (unpaired) electrons. The van der Waals surface area contributed by atoms with Gasteiger partial charge in [0.1, 0.15) is 25.4 Å². The molecule has 0 N–H and O–H groups in total. The van der Waals surface area contributed by atoms with Gasteiger partial charge in [-0.25, -0.2) is 14.4 Å². The van der Waals surface area contributed by atoms with E-state index in [2.05, 4.69) is 30.3 Å². The molecule has 8 heteroatoms. The first-order valence-electron chi connectivity index (χ1n) is 16.0. The molecule has 0 spiro atoms. The highest BCUT2D eigenvalue weighted by Crippen LogP contribution is 2.19. The van der Waals surface area contributed by atoms with Crippen molar-refractivity contribution in [3.8, 4) is 0 Å². The molecule has 0 aliphatic heterocycles. The summed E-state index contributed by atoms with van der Waals surface area (Å²) < 4.78 is 28.2. The predicted molar refractivity (Wildman–Crippen MR) is 179 cm³/mol. The standard InChI is InChI=1S/C39H44O8/c1-39(2,3)47-34(40)28-44-36(38(42)46-27-31-18-9-5-10-19-31)35(37(41)45-26-30-16-7-4-8-17-30)43-24-14-6-11-15-29-22-23-32-20-12-13-21-33(32)25-29/h4-5,7-10,12-13,16-23,25,35-36H,6,11,14-15,24,26-28H2,1-3H3/t35-,36-/m1/s1. The van der Waals surface area contributed by atoms with Crippen molar-refractivity contribution in [2.24, 2.45) is 0 Å². The van der Waals surface area contributed by atoms with Crippen molar-refractivity contribution < 1.29 is 38.1 Å². The molecule has 4 aromatic rings. The first-order chi connectivity index (χ1) is 22.7. The minimum absolute atomic E-state index is 0.0247. The number of benzene rings is 4. The number of hydrogen-bond donors (Lipinski definition) is 0. The van der Waals surface area contributed by atoms with Gasteiger partial charge in [-0.15, -0.1) is 0 Å². The van der Waals surface area contributed by atoms with E-state index in [4.69, 9.17) is 23.7 Å². The summed E-state index contributed by atoms with van der Waals surface area (Å²) in [5, 5.41) is 2.42. The fourth-order valence-corrected chi connectivity index (χ4v) is 4.92. The van der Waals surface area contributed by atoms with Crippen LogP contribution in [0, 0.1) is 0 Å². The van der Waals surface area contributed by atoms with Gasteiger partial charge in [-0.05, 0) is 67.5 Å². The first-order valence-corrected chi connectivity index (χ1v) is 16.0. The molecule has 0 amide bonds. The van der Waals surface area contributed by atoms with Crippen molar-refractivity contribution in [2.75, 3.05) is 13.2 Å². The van der Waals surface area contributed by atoms with Crippen LogP contribution in [0.2, 0.25) is 0 Å². The Morgan fingerprint density at radius 3 is 1.74 bits per heavy atom. The molecule has 0 aliphatic carbocycles. The molecule has 4 aromatic carbocycles. The number of ether oxygens (including phenoxy) is 5. The molecule has 248 valence electrons. The van der Waals surface area contributed by atoms with Crippen LogP contribution in [0.4, 0.5) is 0 Å². The third-order valence-corrected chi connectivity index (χ3v) is 7.21. The van der Waals surface area contributed by atoms with Crippen molar-refractivity contribution in [3.05, 3.63) is 120 Å². The van der Waals surface area contributed by atoms with Gasteiger partial charge in [0.05, 0.1) is 0 Å². The van der Waals surface area contributed by atoms with Crippen LogP contribution < -0.4 is 0 Å². The smallest absolute Gasteiger partial charge is 0.339 e. The van der Waals surface area contributed by atoms with E-state index in [1.54, 1.807) is 20.8 Å². The molecular formula is C39H44O8. The normalized spacial score (nSPS) is 12.7. The SMILES string of the molecule is CC(C)(C)OC(=O)CO[C@@H](C(=O)OCc1ccccc1)[C@@H](OCCCCCc1ccc2ccccc2c1)C(=O)OCc1ccccc1. The summed E-state index contributed by atoms with van der Waals surface area (Å²) in [5.41, 5.74) is 2.01. The van der Waals surface area contributed by atoms with E-state index in [1.165, 1.54) is 16.3 Å². The zero-order chi connectivity index (χ0) is 33.5. The second-order valence-electron chi connectivity index (χ2n) is 12.3. The van der Waals surface area contributed by atoms with Crippen LogP contribution in [0.3, 0.4) is 0 Å². The maximum absolute atomic E-state index is 13.5. The molecule has 0 unspecified atom stereocenters. The van der Waals surface area contributed by atoms with Crippen molar-refractivity contribution >= 4 is 28.7 Å². The number of esters is 3. The van der Waals surface area contributed by atoms with E-state index >= 15 is 0 Å². The summed E-state index contributed by atoms with van der Waals surface area (Å²) in [6.07, 6.45) is 0.259. The van der Waals surface area contributed by atoms with E-state index in [0.717, 1.165) is 30.4 Å². The summed E-state index contributed by atoms with van der Waals surface area (Å²) in [4.78, 5) is 39.4. The topological polar surface area (TPSA) is 97.4 Å². The summed E-state index contributed by atoms with van der Waals surface area (Å²) in [5.74, 6) is -2.34. The molecule has 47 heavy (non-hydrogen) atoms. The molecule has 0 saturated carbocycles. The van der Waals surface area contributed by atoms with Gasteiger partial charge < -0.3 is 23.7 Å². The van der Waals surface area contributed by atoms with Crippen LogP contribution in [-0.2, 0) is 57.7 Å². The van der Waals surface area contributed by atoms with Crippen LogP contribution in [0.25, 0.3) is 10.8 Å². The van der Waals surface area contributed by atoms with Crippen molar-refractivity contribution in [2.45, 2.75) is 77.5 Å². The van der Waals surface area contributed by atoms with Crippen LogP contribution in [0.5, 0.6) is 0 Å². The Labute approximate surface area is 276 Å². The van der Waals surface area contributed by atoms with Crippen LogP contribution >= 0.6 is 0 Å². The fourth-order valence-electron chi connectivity index (χ4n) is 4.92. The second kappa shape index (κ2) is 18.0. The zero-order valence-corrected chi connectivity index (χ0v) is 27.4. The monoisotopic (exact) mass is 640 g/mol. The molecule has 2 atom stereocenters. The molecule has 0 aromatic heterocycles. The number of rotatable bonds is 17. The van der Waals surface area contributed by atoms with Crippen molar-refractivity contribution in [3.63, 3.8) is 0 Å². The van der Waals surface area contributed by atoms with E-state index in [-0.39, 0.29) is 19.8 Å². The maximum Gasteiger partial charge on any atom is 0.339 e. The Morgan fingerprint density at radius 1 is 0.596 bits per heavy atom. The third-order valence-electron chi connectivity index (χ3n) is 7.21. The summed E-state index contributed by atoms with van der Waals surface area (Å²) in [7, 11) is 0. The minimum atomic E-state index is -1.56. The summed E-state index contributed by atoms with van der Waals surface area (Å²) >= 11 is 0. The van der Waals surface area contributed by atoms with Gasteiger partial charge >= 0.3 is 17.9 Å². The highest BCUT2D eigenvalue weighted by molar-refractivity contribution is 5.86. The van der Waals surface area contributed by atoms with Gasteiger partial charge in [0.25, 0.3) is 0 Å². The third kappa shape index (κ3) is 12.3. The minimum Gasteiger partial charge on any atom is -0.459 e. The van der Waals surface area contributed by atoms with Crippen molar-refractivity contribution in [1.29, 1.82) is 0 Å². The Balaban J connectivity index is 1.41. The molecule has 0 bridgehead atoms. The van der Waals surface area contributed by atoms with Gasteiger partial charge in [-0.1, -0.05) is 110 Å². The highest BCUT2D eigenvalue weighted by Gasteiger charge is 2.39. The van der Waals surface area contributed by atoms with E-state index in [0.29, 0.717) is 6.42 Å². The van der Waals surface area contributed by atoms with Gasteiger partial charge in [0.2, 0.25) is 0 Å². The lowest BCUT2D eigenvalue weighted by Gasteiger charge is -2.25. The molecule has 8 nitrogen and oxygen atoms in total. The number of unbranched alkanes of at least 4 members (excludes halogenated alkanes) is 2. The number of carbonyl (C=O) groups is 3. The Hall–Kier alpha value is -4.53. The summed E-state index contributed by atoms with van der Waals surface area (Å²) in [6.45, 7) is 4.69. The van der Waals surface area contributed by atoms with Gasteiger partial charge in [-0.3, -0.25) is 0 Å². The van der Waals surface area contributed by atoms with E-state index in [1.807, 2.05) is 72.8 Å². The Bertz CT molecular complexity index is 1560. The predicted octanol–water partition coefficient (Wildman–Crippen LogP) is 7.15. The van der Waals surface area contributed by atoms with E-state index in [9.17, 15) is 14.4 Å². The largest absolute Gasteiger partial charge is 0.459 e. The zero-order valence-electron chi connectivity index (χ0n) is 27.4. The summed E-state index contributed by atoms with van der Waals surface area (Å²) in [6, 6.07) is 33.1. The molecule has 0 saturated heterocycles. The van der Waals surface area contributed by atoms with Gasteiger partial charge in [0.15, 0.2) is 12.2 Å². The number of hydrogen-bond acceptors (Lipinski definition) is 8. The van der Waals surface area contributed by atoms with Gasteiger partial charge in [0, 0.05) is 6.61 Å². The molecule has 0 fully saturated rings. The first kappa shape index (κ1) is 35.3. The van der Waals surface area contributed by atoms with Crippen molar-refractivity contribution in [1.82, 2.24) is 0 Å². The average molecular weight is 641 g/mol. The lowest BCUT2D eigenvalue weighted by molar-refractivity contribution is -0.189.